The van der Waals surface area contributed by atoms with Crippen molar-refractivity contribution in [2.24, 2.45) is 5.92 Å². The average Bonchev–Trinajstić information content (AvgIpc) is 2.46. The maximum Gasteiger partial charge on any atom is 0.227 e. The summed E-state index contributed by atoms with van der Waals surface area (Å²) in [5, 5.41) is 2.93. The van der Waals surface area contributed by atoms with Gasteiger partial charge in [-0.25, -0.2) is 4.98 Å². The highest BCUT2D eigenvalue weighted by Gasteiger charge is 2.25. The predicted octanol–water partition coefficient (Wildman–Crippen LogP) is 3.59. The van der Waals surface area contributed by atoms with E-state index < -0.39 is 0 Å². The van der Waals surface area contributed by atoms with Crippen LogP contribution >= 0.6 is 0 Å². The van der Waals surface area contributed by atoms with Crippen LogP contribution in [0, 0.1) is 5.92 Å². The van der Waals surface area contributed by atoms with E-state index in [2.05, 4.69) is 10.3 Å². The number of hydrogen-bond donors (Lipinski definition) is 1. The highest BCUT2D eigenvalue weighted by atomic mass is 16.1. The van der Waals surface area contributed by atoms with Crippen LogP contribution in [0.2, 0.25) is 0 Å². The van der Waals surface area contributed by atoms with Crippen LogP contribution in [-0.4, -0.2) is 17.9 Å². The minimum absolute atomic E-state index is 0.118. The van der Waals surface area contributed by atoms with Crippen LogP contribution in [0.15, 0.2) is 48.7 Å². The van der Waals surface area contributed by atoms with Gasteiger partial charge in [0.25, 0.3) is 0 Å². The molecule has 1 heterocycles. The van der Waals surface area contributed by atoms with E-state index in [4.69, 9.17) is 0 Å². The van der Waals surface area contributed by atoms with E-state index in [0.29, 0.717) is 0 Å². The summed E-state index contributed by atoms with van der Waals surface area (Å²) in [5.74, 6) is 1.16. The van der Waals surface area contributed by atoms with Gasteiger partial charge in [-0.2, -0.15) is 0 Å². The fraction of sp³-hybridized carbons (Fsp3) is 0.294. The summed E-state index contributed by atoms with van der Waals surface area (Å²) in [5.41, 5.74) is 1.84. The molecule has 1 aromatic heterocycles. The lowest BCUT2D eigenvalue weighted by Crippen LogP contribution is -2.28. The molecular formula is C17H19N3O. The predicted molar refractivity (Wildman–Crippen MR) is 84.7 cm³/mol. The largest absolute Gasteiger partial charge is 0.329 e. The number of anilines is 3. The second-order valence-electron chi connectivity index (χ2n) is 5.42. The first-order valence-corrected chi connectivity index (χ1v) is 7.30. The summed E-state index contributed by atoms with van der Waals surface area (Å²) < 4.78 is 0. The molecule has 1 saturated carbocycles. The molecular weight excluding hydrogens is 262 g/mol. The van der Waals surface area contributed by atoms with Crippen molar-refractivity contribution in [3.05, 3.63) is 48.7 Å². The Morgan fingerprint density at radius 1 is 1.19 bits per heavy atom. The SMILES string of the molecule is CN(c1ccccc1)c1ccc(NC(=O)C2CCC2)cn1. The van der Waals surface area contributed by atoms with Gasteiger partial charge in [0.2, 0.25) is 5.91 Å². The second kappa shape index (κ2) is 5.95. The van der Waals surface area contributed by atoms with Crippen LogP contribution in [0.5, 0.6) is 0 Å². The number of carbonyl (C=O) groups excluding carboxylic acids is 1. The lowest BCUT2D eigenvalue weighted by molar-refractivity contribution is -0.122. The smallest absolute Gasteiger partial charge is 0.227 e. The Labute approximate surface area is 124 Å². The Morgan fingerprint density at radius 3 is 2.52 bits per heavy atom. The third-order valence-corrected chi connectivity index (χ3v) is 3.98. The lowest BCUT2D eigenvalue weighted by Gasteiger charge is -2.24. The molecule has 0 atom stereocenters. The summed E-state index contributed by atoms with van der Waals surface area (Å²) in [4.78, 5) is 18.3. The number of carbonyl (C=O) groups is 1. The molecule has 1 aliphatic rings. The third kappa shape index (κ3) is 3.05. The van der Waals surface area contributed by atoms with Crippen molar-refractivity contribution < 1.29 is 4.79 Å². The van der Waals surface area contributed by atoms with Crippen LogP contribution < -0.4 is 10.2 Å². The van der Waals surface area contributed by atoms with Crippen molar-refractivity contribution in [1.82, 2.24) is 4.98 Å². The maximum absolute atomic E-state index is 11.9. The highest BCUT2D eigenvalue weighted by molar-refractivity contribution is 5.92. The van der Waals surface area contributed by atoms with Crippen molar-refractivity contribution >= 4 is 23.1 Å². The standard InChI is InChI=1S/C17H19N3O/c1-20(15-8-3-2-4-9-15)16-11-10-14(12-18-16)19-17(21)13-6-5-7-13/h2-4,8-13H,5-7H2,1H3,(H,19,21). The molecule has 0 bridgehead atoms. The molecule has 1 N–H and O–H groups in total. The van der Waals surface area contributed by atoms with E-state index in [0.717, 1.165) is 36.5 Å². The quantitative estimate of drug-likeness (QED) is 0.931. The molecule has 1 aliphatic carbocycles. The number of rotatable bonds is 4. The molecule has 0 spiro atoms. The monoisotopic (exact) mass is 281 g/mol. The fourth-order valence-electron chi connectivity index (χ4n) is 2.36. The van der Waals surface area contributed by atoms with Gasteiger partial charge in [0.05, 0.1) is 11.9 Å². The lowest BCUT2D eigenvalue weighted by atomic mass is 9.85. The van der Waals surface area contributed by atoms with Gasteiger partial charge in [0.15, 0.2) is 0 Å². The van der Waals surface area contributed by atoms with E-state index in [-0.39, 0.29) is 11.8 Å². The van der Waals surface area contributed by atoms with Gasteiger partial charge in [-0.05, 0) is 37.1 Å². The molecule has 0 aliphatic heterocycles. The summed E-state index contributed by atoms with van der Waals surface area (Å²) in [6.07, 6.45) is 4.89. The van der Waals surface area contributed by atoms with E-state index in [1.165, 1.54) is 0 Å². The first-order chi connectivity index (χ1) is 10.2. The minimum atomic E-state index is 0.118. The summed E-state index contributed by atoms with van der Waals surface area (Å²) in [6, 6.07) is 13.9. The van der Waals surface area contributed by atoms with Crippen LogP contribution in [0.1, 0.15) is 19.3 Å². The number of amides is 1. The Kier molecular flexibility index (Phi) is 3.86. The molecule has 4 heteroatoms. The van der Waals surface area contributed by atoms with Crippen molar-refractivity contribution in [2.75, 3.05) is 17.3 Å². The number of benzene rings is 1. The highest BCUT2D eigenvalue weighted by Crippen LogP contribution is 2.28. The number of nitrogens with zero attached hydrogens (tertiary/aromatic N) is 2. The van der Waals surface area contributed by atoms with Crippen molar-refractivity contribution in [3.8, 4) is 0 Å². The molecule has 3 rings (SSSR count). The van der Waals surface area contributed by atoms with Crippen molar-refractivity contribution in [2.45, 2.75) is 19.3 Å². The Balaban J connectivity index is 1.67. The number of para-hydroxylation sites is 1. The van der Waals surface area contributed by atoms with E-state index in [1.54, 1.807) is 6.20 Å². The zero-order valence-electron chi connectivity index (χ0n) is 12.1. The molecule has 2 aromatic rings. The molecule has 21 heavy (non-hydrogen) atoms. The van der Waals surface area contributed by atoms with Crippen LogP contribution in [-0.2, 0) is 4.79 Å². The minimum Gasteiger partial charge on any atom is -0.329 e. The first kappa shape index (κ1) is 13.6. The van der Waals surface area contributed by atoms with Crippen LogP contribution in [0.25, 0.3) is 0 Å². The van der Waals surface area contributed by atoms with E-state index in [9.17, 15) is 4.79 Å². The average molecular weight is 281 g/mol. The fourth-order valence-corrected chi connectivity index (χ4v) is 2.36. The molecule has 0 unspecified atom stereocenters. The topological polar surface area (TPSA) is 45.2 Å². The van der Waals surface area contributed by atoms with Gasteiger partial charge in [0, 0.05) is 18.7 Å². The normalized spacial score (nSPS) is 14.3. The Bertz CT molecular complexity index is 606. The molecule has 108 valence electrons. The zero-order valence-corrected chi connectivity index (χ0v) is 12.1. The number of nitrogens with one attached hydrogen (secondary N) is 1. The molecule has 0 saturated heterocycles. The van der Waals surface area contributed by atoms with Gasteiger partial charge >= 0.3 is 0 Å². The maximum atomic E-state index is 11.9. The summed E-state index contributed by atoms with van der Waals surface area (Å²) >= 11 is 0. The Hall–Kier alpha value is -2.36. The van der Waals surface area contributed by atoms with Crippen LogP contribution in [0.4, 0.5) is 17.2 Å². The van der Waals surface area contributed by atoms with Gasteiger partial charge in [-0.3, -0.25) is 4.79 Å². The van der Waals surface area contributed by atoms with Crippen LogP contribution in [0.3, 0.4) is 0 Å². The van der Waals surface area contributed by atoms with Gasteiger partial charge < -0.3 is 10.2 Å². The number of pyridine rings is 1. The summed E-state index contributed by atoms with van der Waals surface area (Å²) in [6.45, 7) is 0. The van der Waals surface area contributed by atoms with E-state index in [1.807, 2.05) is 54.4 Å². The first-order valence-electron chi connectivity index (χ1n) is 7.30. The van der Waals surface area contributed by atoms with E-state index >= 15 is 0 Å². The summed E-state index contributed by atoms with van der Waals surface area (Å²) in [7, 11) is 1.98. The molecule has 1 aromatic carbocycles. The third-order valence-electron chi connectivity index (χ3n) is 3.98. The zero-order chi connectivity index (χ0) is 14.7. The second-order valence-corrected chi connectivity index (χ2v) is 5.42. The van der Waals surface area contributed by atoms with Crippen molar-refractivity contribution in [3.63, 3.8) is 0 Å². The Morgan fingerprint density at radius 2 is 1.95 bits per heavy atom. The number of aromatic nitrogens is 1. The molecule has 4 nitrogen and oxygen atoms in total. The molecule has 1 amide bonds. The number of hydrogen-bond acceptors (Lipinski definition) is 3. The van der Waals surface area contributed by atoms with Gasteiger partial charge in [-0.1, -0.05) is 24.6 Å². The molecule has 1 fully saturated rings. The molecule has 0 radical (unpaired) electrons. The van der Waals surface area contributed by atoms with Gasteiger partial charge in [-0.15, -0.1) is 0 Å². The van der Waals surface area contributed by atoms with Crippen molar-refractivity contribution in [1.29, 1.82) is 0 Å². The van der Waals surface area contributed by atoms with Gasteiger partial charge in [0.1, 0.15) is 5.82 Å².